The van der Waals surface area contributed by atoms with Crippen LogP contribution in [0.2, 0.25) is 0 Å². The van der Waals surface area contributed by atoms with Crippen molar-refractivity contribution in [3.63, 3.8) is 0 Å². The smallest absolute Gasteiger partial charge is 0.260 e. The van der Waals surface area contributed by atoms with Gasteiger partial charge in [-0.2, -0.15) is 4.31 Å². The summed E-state index contributed by atoms with van der Waals surface area (Å²) in [4.78, 5) is 22.8. The fraction of sp³-hybridized carbons (Fsp3) is 0.481. The van der Waals surface area contributed by atoms with Crippen LogP contribution in [0.3, 0.4) is 0 Å². The fourth-order valence-electron chi connectivity index (χ4n) is 4.81. The molecule has 40 heavy (non-hydrogen) atoms. The predicted molar refractivity (Wildman–Crippen MR) is 152 cm³/mol. The highest BCUT2D eigenvalue weighted by atomic mass is 32.2. The van der Waals surface area contributed by atoms with Gasteiger partial charge in [0.25, 0.3) is 5.91 Å². The molecule has 2 saturated heterocycles. The van der Waals surface area contributed by atoms with Gasteiger partial charge >= 0.3 is 0 Å². The zero-order valence-electron chi connectivity index (χ0n) is 22.7. The van der Waals surface area contributed by atoms with Crippen LogP contribution in [0.4, 0.5) is 5.13 Å². The second kappa shape index (κ2) is 12.8. The first-order chi connectivity index (χ1) is 19.4. The molecule has 0 spiro atoms. The number of hydrogen-bond donors (Lipinski definition) is 0. The molecule has 13 heteroatoms. The monoisotopic (exact) mass is 590 g/mol. The molecule has 2 aliphatic heterocycles. The number of ether oxygens (including phenoxy) is 4. The lowest BCUT2D eigenvalue weighted by atomic mass is 10.2. The molecule has 0 aliphatic carbocycles. The number of rotatable bonds is 10. The quantitative estimate of drug-likeness (QED) is 0.352. The van der Waals surface area contributed by atoms with Crippen molar-refractivity contribution in [3.05, 3.63) is 42.0 Å². The van der Waals surface area contributed by atoms with Crippen LogP contribution in [0.5, 0.6) is 11.5 Å². The normalized spacial score (nSPS) is 17.1. The number of morpholine rings is 2. The first-order valence-corrected chi connectivity index (χ1v) is 15.5. The van der Waals surface area contributed by atoms with Gasteiger partial charge in [0, 0.05) is 44.8 Å². The van der Waals surface area contributed by atoms with Crippen LogP contribution in [0.25, 0.3) is 10.2 Å². The number of carbonyl (C=O) groups excluding carboxylic acids is 1. The van der Waals surface area contributed by atoms with Crippen LogP contribution < -0.4 is 14.4 Å². The summed E-state index contributed by atoms with van der Waals surface area (Å²) in [5.41, 5.74) is 1.00. The molecule has 1 amide bonds. The van der Waals surface area contributed by atoms with Crippen LogP contribution in [-0.2, 0) is 19.5 Å². The first-order valence-electron chi connectivity index (χ1n) is 13.2. The molecule has 2 aliphatic rings. The van der Waals surface area contributed by atoms with Gasteiger partial charge in [-0.05, 0) is 42.8 Å². The number of aromatic nitrogens is 1. The number of fused-ring (bicyclic) bond motifs is 1. The van der Waals surface area contributed by atoms with E-state index < -0.39 is 10.0 Å². The molecule has 3 aromatic rings. The molecule has 0 atom stereocenters. The second-order valence-corrected chi connectivity index (χ2v) is 12.4. The van der Waals surface area contributed by atoms with Crippen LogP contribution in [0.1, 0.15) is 16.8 Å². The molecule has 3 heterocycles. The molecule has 1 aromatic heterocycles. The van der Waals surface area contributed by atoms with Gasteiger partial charge in [0.05, 0.1) is 45.5 Å². The Morgan fingerprint density at radius 1 is 0.950 bits per heavy atom. The summed E-state index contributed by atoms with van der Waals surface area (Å²) < 4.78 is 50.1. The number of amides is 1. The van der Waals surface area contributed by atoms with Gasteiger partial charge in [0.1, 0.15) is 21.7 Å². The van der Waals surface area contributed by atoms with Crippen LogP contribution in [0, 0.1) is 0 Å². The van der Waals surface area contributed by atoms with Gasteiger partial charge in [-0.25, -0.2) is 13.4 Å². The van der Waals surface area contributed by atoms with E-state index in [1.165, 1.54) is 27.8 Å². The molecule has 2 fully saturated rings. The highest BCUT2D eigenvalue weighted by molar-refractivity contribution is 7.89. The average Bonchev–Trinajstić information content (AvgIpc) is 3.45. The lowest BCUT2D eigenvalue weighted by Gasteiger charge is -2.28. The van der Waals surface area contributed by atoms with Crippen LogP contribution in [0.15, 0.2) is 41.3 Å². The molecule has 0 N–H and O–H groups in total. The number of carbonyl (C=O) groups is 1. The largest absolute Gasteiger partial charge is 0.495 e. The maximum atomic E-state index is 13.9. The number of methoxy groups -OCH3 is 2. The van der Waals surface area contributed by atoms with Crippen molar-refractivity contribution < 1.29 is 32.2 Å². The number of benzene rings is 2. The number of nitrogens with zero attached hydrogens (tertiary/aromatic N) is 4. The molecule has 216 valence electrons. The maximum absolute atomic E-state index is 13.9. The van der Waals surface area contributed by atoms with Crippen molar-refractivity contribution in [1.29, 1.82) is 0 Å². The molecule has 2 aromatic carbocycles. The van der Waals surface area contributed by atoms with Crippen molar-refractivity contribution in [2.75, 3.05) is 84.8 Å². The van der Waals surface area contributed by atoms with Gasteiger partial charge in [-0.15, -0.1) is 0 Å². The predicted octanol–water partition coefficient (Wildman–Crippen LogP) is 2.70. The zero-order chi connectivity index (χ0) is 28.1. The number of anilines is 1. The van der Waals surface area contributed by atoms with Gasteiger partial charge in [-0.1, -0.05) is 11.3 Å². The topological polar surface area (TPSA) is 111 Å². The zero-order valence-corrected chi connectivity index (χ0v) is 24.3. The standard InChI is InChI=1S/C27H34N4O7S2/c1-35-22-8-9-23(36-2)25-24(22)28-27(39-25)31(11-3-10-29-12-16-37-17-13-29)26(32)20-4-6-21(7-5-20)40(33,34)30-14-18-38-19-15-30/h4-9H,3,10-19H2,1-2H3. The number of hydrogen-bond acceptors (Lipinski definition) is 10. The highest BCUT2D eigenvalue weighted by Crippen LogP contribution is 2.40. The molecular weight excluding hydrogens is 556 g/mol. The summed E-state index contributed by atoms with van der Waals surface area (Å²) in [7, 11) is -0.485. The molecular formula is C27H34N4O7S2. The van der Waals surface area contributed by atoms with E-state index in [1.54, 1.807) is 37.3 Å². The van der Waals surface area contributed by atoms with E-state index in [0.29, 0.717) is 73.8 Å². The van der Waals surface area contributed by atoms with E-state index in [2.05, 4.69) is 4.90 Å². The molecule has 11 nitrogen and oxygen atoms in total. The summed E-state index contributed by atoms with van der Waals surface area (Å²) in [6.07, 6.45) is 0.736. The Balaban J connectivity index is 1.42. The van der Waals surface area contributed by atoms with Crippen molar-refractivity contribution in [1.82, 2.24) is 14.2 Å². The average molecular weight is 591 g/mol. The van der Waals surface area contributed by atoms with Crippen LogP contribution in [-0.4, -0.2) is 108 Å². The Labute approximate surface area is 238 Å². The molecule has 0 radical (unpaired) electrons. The Morgan fingerprint density at radius 3 is 2.23 bits per heavy atom. The molecule has 0 bridgehead atoms. The Morgan fingerprint density at radius 2 is 1.57 bits per heavy atom. The second-order valence-electron chi connectivity index (χ2n) is 9.45. The summed E-state index contributed by atoms with van der Waals surface area (Å²) in [6, 6.07) is 9.74. The lowest BCUT2D eigenvalue weighted by Crippen LogP contribution is -2.40. The minimum atomic E-state index is -3.66. The fourth-order valence-corrected chi connectivity index (χ4v) is 7.32. The minimum Gasteiger partial charge on any atom is -0.495 e. The number of sulfonamides is 1. The van der Waals surface area contributed by atoms with Gasteiger partial charge in [-0.3, -0.25) is 14.6 Å². The summed E-state index contributed by atoms with van der Waals surface area (Å²) in [6.45, 7) is 5.76. The van der Waals surface area contributed by atoms with E-state index in [4.69, 9.17) is 23.9 Å². The molecule has 5 rings (SSSR count). The number of thiazole rings is 1. The lowest BCUT2D eigenvalue weighted by molar-refractivity contribution is 0.0376. The Kier molecular flexibility index (Phi) is 9.18. The van der Waals surface area contributed by atoms with Crippen molar-refractivity contribution in [2.24, 2.45) is 0 Å². The summed E-state index contributed by atoms with van der Waals surface area (Å²) in [5, 5.41) is 0.523. The maximum Gasteiger partial charge on any atom is 0.260 e. The summed E-state index contributed by atoms with van der Waals surface area (Å²) in [5.74, 6) is 0.990. The van der Waals surface area contributed by atoms with E-state index >= 15 is 0 Å². The van der Waals surface area contributed by atoms with E-state index in [0.717, 1.165) is 30.8 Å². The summed E-state index contributed by atoms with van der Waals surface area (Å²) >= 11 is 1.36. The van der Waals surface area contributed by atoms with Crippen molar-refractivity contribution in [3.8, 4) is 11.5 Å². The first kappa shape index (κ1) is 28.7. The Hall–Kier alpha value is -2.81. The van der Waals surface area contributed by atoms with Crippen LogP contribution >= 0.6 is 11.3 Å². The SMILES string of the molecule is COc1ccc(OC)c2sc(N(CCCN3CCOCC3)C(=O)c3ccc(S(=O)(=O)N4CCOCC4)cc3)nc12. The minimum absolute atomic E-state index is 0.152. The third kappa shape index (κ3) is 6.09. The van der Waals surface area contributed by atoms with Gasteiger partial charge in [0.15, 0.2) is 5.13 Å². The van der Waals surface area contributed by atoms with Gasteiger partial charge in [0.2, 0.25) is 10.0 Å². The van der Waals surface area contributed by atoms with Gasteiger partial charge < -0.3 is 18.9 Å². The van der Waals surface area contributed by atoms with Crippen molar-refractivity contribution in [2.45, 2.75) is 11.3 Å². The molecule has 0 saturated carbocycles. The molecule has 0 unspecified atom stereocenters. The van der Waals surface area contributed by atoms with E-state index in [9.17, 15) is 13.2 Å². The Bertz CT molecular complexity index is 1380. The highest BCUT2D eigenvalue weighted by Gasteiger charge is 2.28. The van der Waals surface area contributed by atoms with E-state index in [1.807, 2.05) is 6.07 Å². The third-order valence-electron chi connectivity index (χ3n) is 7.04. The third-order valence-corrected chi connectivity index (χ3v) is 10.0. The van der Waals surface area contributed by atoms with E-state index in [-0.39, 0.29) is 10.8 Å². The van der Waals surface area contributed by atoms with Crippen molar-refractivity contribution >= 4 is 42.6 Å².